The number of hydrogen-bond acceptors (Lipinski definition) is 18. The van der Waals surface area contributed by atoms with Crippen LogP contribution < -0.4 is 0 Å². The number of carbonyl (C=O) groups excluding carboxylic acids is 2. The van der Waals surface area contributed by atoms with Crippen molar-refractivity contribution in [3.05, 3.63) is 59.2 Å². The Morgan fingerprint density at radius 3 is 2.01 bits per heavy atom. The lowest BCUT2D eigenvalue weighted by Crippen LogP contribution is -2.78. The molecule has 0 aromatic heterocycles. The predicted molar refractivity (Wildman–Crippen MR) is 257 cm³/mol. The van der Waals surface area contributed by atoms with Gasteiger partial charge in [0.1, 0.15) is 59.5 Å². The lowest BCUT2D eigenvalue weighted by atomic mass is 9.42. The van der Waals surface area contributed by atoms with Gasteiger partial charge >= 0.3 is 11.9 Å². The van der Waals surface area contributed by atoms with E-state index in [-0.39, 0.29) is 31.8 Å². The molecule has 404 valence electrons. The monoisotopic (exact) mass is 1020 g/mol. The summed E-state index contributed by atoms with van der Waals surface area (Å²) in [5.41, 5.74) is -6.21. The van der Waals surface area contributed by atoms with Gasteiger partial charge in [-0.05, 0) is 104 Å². The molecule has 3 aliphatic heterocycles. The third-order valence-corrected chi connectivity index (χ3v) is 18.4. The zero-order valence-corrected chi connectivity index (χ0v) is 43.8. The van der Waals surface area contributed by atoms with Crippen molar-refractivity contribution in [2.24, 2.45) is 16.7 Å². The number of hydrogen-bond donors (Lipinski definition) is 5. The Morgan fingerprint density at radius 1 is 0.778 bits per heavy atom. The number of aliphatic hydroxyl groups excluding tert-OH is 2. The number of methoxy groups -OCH3 is 3. The third-order valence-electron chi connectivity index (χ3n) is 18.4. The maximum atomic E-state index is 13.7. The first-order valence-electron chi connectivity index (χ1n) is 25.9. The molecule has 4 aliphatic carbocycles. The van der Waals surface area contributed by atoms with Crippen LogP contribution in [0.4, 0.5) is 0 Å². The maximum absolute atomic E-state index is 13.7. The highest BCUT2D eigenvalue weighted by atomic mass is 16.8. The van der Waals surface area contributed by atoms with Crippen LogP contribution in [0.1, 0.15) is 124 Å². The van der Waals surface area contributed by atoms with Crippen molar-refractivity contribution in [1.82, 2.24) is 0 Å². The topological polar surface area (TPSA) is 237 Å². The number of allylic oxidation sites excluding steroid dienone is 1. The lowest BCUT2D eigenvalue weighted by molar-refractivity contribution is -0.352. The van der Waals surface area contributed by atoms with Crippen LogP contribution in [0.3, 0.4) is 0 Å². The van der Waals surface area contributed by atoms with Crippen molar-refractivity contribution in [3.63, 3.8) is 0 Å². The van der Waals surface area contributed by atoms with Gasteiger partial charge in [0.25, 0.3) is 0 Å². The van der Waals surface area contributed by atoms with Crippen molar-refractivity contribution in [2.75, 3.05) is 21.3 Å². The molecule has 3 saturated heterocycles. The molecular formula is C54H80O18. The molecule has 0 bridgehead atoms. The molecular weight excluding hydrogens is 937 g/mol. The summed E-state index contributed by atoms with van der Waals surface area (Å²) in [7, 11) is 4.61. The van der Waals surface area contributed by atoms with Gasteiger partial charge in [0.2, 0.25) is 0 Å². The molecule has 1 aromatic rings. The normalized spacial score (nSPS) is 46.8. The molecule has 7 aliphatic rings. The van der Waals surface area contributed by atoms with Gasteiger partial charge in [-0.1, -0.05) is 49.8 Å². The summed E-state index contributed by atoms with van der Waals surface area (Å²) in [5.74, 6) is -1.83. The minimum Gasteiger partial charge on any atom is -0.458 e. The van der Waals surface area contributed by atoms with E-state index in [0.29, 0.717) is 43.2 Å². The Bertz CT molecular complexity index is 2140. The Balaban J connectivity index is 0.941. The van der Waals surface area contributed by atoms with E-state index in [2.05, 4.69) is 6.92 Å². The average molecular weight is 1020 g/mol. The molecule has 0 amide bonds. The predicted octanol–water partition coefficient (Wildman–Crippen LogP) is 4.58. The summed E-state index contributed by atoms with van der Waals surface area (Å²) in [4.78, 5) is 27.1. The highest BCUT2D eigenvalue weighted by molar-refractivity contribution is 5.89. The van der Waals surface area contributed by atoms with Crippen LogP contribution in [0.5, 0.6) is 0 Å². The van der Waals surface area contributed by atoms with Crippen molar-refractivity contribution < 1.29 is 87.2 Å². The number of fused-ring (bicyclic) bond motifs is 5. The van der Waals surface area contributed by atoms with Crippen LogP contribution in [0, 0.1) is 16.7 Å². The minimum atomic E-state index is -1.97. The molecule has 5 N–H and O–H groups in total. The molecule has 1 aromatic carbocycles. The van der Waals surface area contributed by atoms with Crippen molar-refractivity contribution in [2.45, 2.75) is 228 Å². The van der Waals surface area contributed by atoms with Gasteiger partial charge in [-0.25, -0.2) is 9.59 Å². The lowest BCUT2D eigenvalue weighted by Gasteiger charge is -2.67. The van der Waals surface area contributed by atoms with Gasteiger partial charge in [-0.3, -0.25) is 0 Å². The molecule has 8 rings (SSSR count). The summed E-state index contributed by atoms with van der Waals surface area (Å²) in [6.07, 6.45) is -5.60. The second-order valence-electron chi connectivity index (χ2n) is 22.0. The highest BCUT2D eigenvalue weighted by Crippen LogP contribution is 2.71. The van der Waals surface area contributed by atoms with Gasteiger partial charge in [-0.2, -0.15) is 0 Å². The molecule has 3 saturated carbocycles. The fourth-order valence-electron chi connectivity index (χ4n) is 13.8. The smallest absolute Gasteiger partial charge is 0.338 e. The molecule has 6 fully saturated rings. The summed E-state index contributed by atoms with van der Waals surface area (Å²) >= 11 is 0. The Kier molecular flexibility index (Phi) is 16.3. The summed E-state index contributed by atoms with van der Waals surface area (Å²) < 4.78 is 67.8. The van der Waals surface area contributed by atoms with Crippen LogP contribution in [-0.2, 0) is 56.9 Å². The molecule has 18 nitrogen and oxygen atoms in total. The summed E-state index contributed by atoms with van der Waals surface area (Å²) in [6, 6.07) is 8.46. The van der Waals surface area contributed by atoms with E-state index in [4.69, 9.17) is 52.1 Å². The summed E-state index contributed by atoms with van der Waals surface area (Å²) in [6.45, 7) is 14.2. The first-order chi connectivity index (χ1) is 34.0. The number of esters is 2. The fraction of sp³-hybridized carbons (Fsp3) is 0.778. The first kappa shape index (κ1) is 55.3. The van der Waals surface area contributed by atoms with Gasteiger partial charge < -0.3 is 77.6 Å². The zero-order valence-electron chi connectivity index (χ0n) is 43.8. The second-order valence-corrected chi connectivity index (χ2v) is 22.0. The van der Waals surface area contributed by atoms with Gasteiger partial charge in [-0.15, -0.1) is 0 Å². The number of aliphatic hydroxyl groups is 5. The highest BCUT2D eigenvalue weighted by Gasteiger charge is 2.81. The van der Waals surface area contributed by atoms with E-state index in [1.165, 1.54) is 7.11 Å². The quantitative estimate of drug-likeness (QED) is 0.0974. The molecule has 0 unspecified atom stereocenters. The Hall–Kier alpha value is -2.92. The van der Waals surface area contributed by atoms with Crippen LogP contribution in [-0.4, -0.2) is 174 Å². The molecule has 72 heavy (non-hydrogen) atoms. The molecule has 0 radical (unpaired) electrons. The Morgan fingerprint density at radius 2 is 1.40 bits per heavy atom. The van der Waals surface area contributed by atoms with Crippen LogP contribution >= 0.6 is 0 Å². The van der Waals surface area contributed by atoms with Crippen LogP contribution in [0.15, 0.2) is 53.6 Å². The van der Waals surface area contributed by atoms with E-state index in [1.807, 2.05) is 19.9 Å². The van der Waals surface area contributed by atoms with Gasteiger partial charge in [0.15, 0.2) is 18.9 Å². The standard InChI is InChI=1S/C54H80O18/c1-12-28(2)47(57)70-39-27-38-50(7)20-19-35(24-34(50)18-21-53(38,60)54(61)23-22-52(59,51(39,54)8)32(6)68-48(58)33-16-14-13-15-17-33)69-40-25-36(62-9)44(30(4)65-40)71-41-26-37(63-10)45(31(5)66-41)72-49-43(56)46(64-11)42(55)29(3)67-49/h12-18,29-32,35-46,49,55-56,59-61H,19-27H2,1-11H3/b28-12+/t29-,30-,31-,32+,35+,36+,37+,38-,39-,40+,41+,42-,43-,44-,45-,46-,49+,50+,51-,52-,53+,54-/m1/s1. The summed E-state index contributed by atoms with van der Waals surface area (Å²) in [5, 5.41) is 60.7. The molecule has 18 heteroatoms. The molecule has 3 heterocycles. The average Bonchev–Trinajstić information content (AvgIpc) is 3.59. The Labute approximate surface area is 423 Å². The van der Waals surface area contributed by atoms with E-state index in [9.17, 15) is 35.1 Å². The number of benzene rings is 1. The SMILES string of the molecule is C/C=C(\C)C(=O)O[C@@H]1C[C@@H]2[C@@]3(C)CC[C@H](O[C@H]4C[C@H](OC)[C@H](O[C@H]5C[C@H](OC)[C@H](O[C@@H]6O[C@H](C)[C@@H](O)[C@@H](OC)[C@H]6O)[C@@H](C)O5)[C@@H](C)O4)CC3=CC[C@@]2(O)[C@@]2(O)CC[C@@](O)([C@H](C)OC(=O)c3ccccc3)[C@@]12C. The van der Waals surface area contributed by atoms with Crippen molar-refractivity contribution in [3.8, 4) is 0 Å². The fourth-order valence-corrected chi connectivity index (χ4v) is 13.8. The number of ether oxygens (including phenoxy) is 11. The third kappa shape index (κ3) is 9.34. The van der Waals surface area contributed by atoms with E-state index < -0.39 is 138 Å². The molecule has 22 atom stereocenters. The van der Waals surface area contributed by atoms with E-state index in [1.54, 1.807) is 85.2 Å². The van der Waals surface area contributed by atoms with Gasteiger partial charge in [0, 0.05) is 45.7 Å². The largest absolute Gasteiger partial charge is 0.458 e. The zero-order chi connectivity index (χ0) is 52.3. The van der Waals surface area contributed by atoms with Crippen LogP contribution in [0.25, 0.3) is 0 Å². The first-order valence-corrected chi connectivity index (χ1v) is 25.9. The molecule has 0 spiro atoms. The van der Waals surface area contributed by atoms with Gasteiger partial charge in [0.05, 0.1) is 47.6 Å². The van der Waals surface area contributed by atoms with E-state index >= 15 is 0 Å². The van der Waals surface area contributed by atoms with E-state index in [0.717, 1.165) is 5.57 Å². The van der Waals surface area contributed by atoms with Crippen molar-refractivity contribution in [1.29, 1.82) is 0 Å². The van der Waals surface area contributed by atoms with Crippen LogP contribution in [0.2, 0.25) is 0 Å². The van der Waals surface area contributed by atoms with Crippen molar-refractivity contribution >= 4 is 11.9 Å². The maximum Gasteiger partial charge on any atom is 0.338 e. The number of carbonyl (C=O) groups is 2. The minimum absolute atomic E-state index is 0.0212. The number of rotatable bonds is 14. The second kappa shape index (κ2) is 21.2.